The van der Waals surface area contributed by atoms with Crippen LogP contribution in [0.5, 0.6) is 0 Å². The zero-order valence-corrected chi connectivity index (χ0v) is 8.96. The summed E-state index contributed by atoms with van der Waals surface area (Å²) in [5, 5.41) is 8.15. The molecule has 0 atom stereocenters. The van der Waals surface area contributed by atoms with Crippen LogP contribution >= 0.6 is 0 Å². The molecule has 16 heavy (non-hydrogen) atoms. The van der Waals surface area contributed by atoms with E-state index in [1.165, 1.54) is 0 Å². The van der Waals surface area contributed by atoms with Gasteiger partial charge in [-0.2, -0.15) is 12.1 Å². The van der Waals surface area contributed by atoms with Gasteiger partial charge in [0.2, 0.25) is 0 Å². The summed E-state index contributed by atoms with van der Waals surface area (Å²) in [5.74, 6) is 0. The van der Waals surface area contributed by atoms with Crippen LogP contribution in [0.2, 0.25) is 0 Å². The fourth-order valence-corrected chi connectivity index (χ4v) is 1.59. The zero-order valence-electron chi connectivity index (χ0n) is 8.96. The van der Waals surface area contributed by atoms with Crippen molar-refractivity contribution in [2.75, 3.05) is 0 Å². The number of pyridine rings is 1. The summed E-state index contributed by atoms with van der Waals surface area (Å²) in [7, 11) is 0. The first-order chi connectivity index (χ1) is 7.45. The fraction of sp³-hybridized carbons (Fsp3) is 0. The van der Waals surface area contributed by atoms with E-state index in [1.54, 1.807) is 4.52 Å². The molecule has 0 aliphatic carbocycles. The molecule has 4 heteroatoms. The van der Waals surface area contributed by atoms with Crippen molar-refractivity contribution in [2.45, 2.75) is 0 Å². The second-order valence-electron chi connectivity index (χ2n) is 3.26. The zero-order chi connectivity index (χ0) is 10.1. The summed E-state index contributed by atoms with van der Waals surface area (Å²) in [6, 6.07) is 15.8. The third-order valence-corrected chi connectivity index (χ3v) is 2.30. The first-order valence-electron chi connectivity index (χ1n) is 4.73. The average molecular weight is 201 g/mol. The molecule has 0 amide bonds. The van der Waals surface area contributed by atoms with E-state index in [-0.39, 0.29) is 18.9 Å². The van der Waals surface area contributed by atoms with Gasteiger partial charge in [0.1, 0.15) is 0 Å². The number of fused-ring (bicyclic) bond motifs is 1. The molecule has 1 aromatic carbocycles. The van der Waals surface area contributed by atoms with E-state index in [4.69, 9.17) is 0 Å². The van der Waals surface area contributed by atoms with Crippen LogP contribution in [0.1, 0.15) is 0 Å². The standard InChI is InChI=1S/C12H8N3.Li/c1-2-6-10(7-3-1)12-11-8-4-5-9-15(11)14-13-12;/h1-8H;/q-1;+1. The van der Waals surface area contributed by atoms with E-state index in [0.29, 0.717) is 0 Å². The molecule has 3 nitrogen and oxygen atoms in total. The van der Waals surface area contributed by atoms with Crippen LogP contribution in [0.15, 0.2) is 48.5 Å². The van der Waals surface area contributed by atoms with Crippen molar-refractivity contribution in [3.05, 3.63) is 54.7 Å². The van der Waals surface area contributed by atoms with Crippen LogP contribution in [-0.4, -0.2) is 14.8 Å². The molecule has 0 spiro atoms. The van der Waals surface area contributed by atoms with Gasteiger partial charge in [0, 0.05) is 0 Å². The van der Waals surface area contributed by atoms with Crippen molar-refractivity contribution in [1.82, 2.24) is 14.8 Å². The number of nitrogens with zero attached hydrogens (tertiary/aromatic N) is 3. The summed E-state index contributed by atoms with van der Waals surface area (Å²) in [4.78, 5) is 0. The Morgan fingerprint density at radius 1 is 1.00 bits per heavy atom. The second kappa shape index (κ2) is 4.52. The van der Waals surface area contributed by atoms with Gasteiger partial charge in [0.25, 0.3) is 0 Å². The normalized spacial score (nSPS) is 10.0. The quantitative estimate of drug-likeness (QED) is 0.381. The summed E-state index contributed by atoms with van der Waals surface area (Å²) in [5.41, 5.74) is 2.95. The van der Waals surface area contributed by atoms with Gasteiger partial charge < -0.3 is 4.52 Å². The van der Waals surface area contributed by atoms with Gasteiger partial charge in [0.05, 0.1) is 5.69 Å². The molecular weight excluding hydrogens is 193 g/mol. The van der Waals surface area contributed by atoms with Crippen molar-refractivity contribution in [3.8, 4) is 11.3 Å². The average Bonchev–Trinajstić information content (AvgIpc) is 2.74. The Bertz CT molecular complexity index is 589. The fourth-order valence-electron chi connectivity index (χ4n) is 1.59. The number of hydrogen-bond acceptors (Lipinski definition) is 2. The number of rotatable bonds is 1. The van der Waals surface area contributed by atoms with E-state index in [9.17, 15) is 0 Å². The monoisotopic (exact) mass is 201 g/mol. The topological polar surface area (TPSA) is 30.2 Å². The summed E-state index contributed by atoms with van der Waals surface area (Å²) in [6.07, 6.45) is 2.98. The van der Waals surface area contributed by atoms with E-state index in [2.05, 4.69) is 16.5 Å². The first-order valence-corrected chi connectivity index (χ1v) is 4.73. The molecule has 0 aliphatic rings. The molecule has 0 saturated carbocycles. The molecule has 0 aliphatic heterocycles. The molecule has 3 aromatic rings. The third kappa shape index (κ3) is 1.76. The van der Waals surface area contributed by atoms with Crippen molar-refractivity contribution in [1.29, 1.82) is 0 Å². The molecule has 2 aromatic heterocycles. The van der Waals surface area contributed by atoms with Gasteiger partial charge >= 0.3 is 18.9 Å². The van der Waals surface area contributed by atoms with Gasteiger partial charge in [-0.25, -0.2) is 0 Å². The van der Waals surface area contributed by atoms with Crippen LogP contribution in [0.4, 0.5) is 0 Å². The van der Waals surface area contributed by atoms with Crippen LogP contribution in [0.25, 0.3) is 16.8 Å². The van der Waals surface area contributed by atoms with Gasteiger partial charge in [-0.1, -0.05) is 41.7 Å². The van der Waals surface area contributed by atoms with E-state index >= 15 is 0 Å². The van der Waals surface area contributed by atoms with E-state index in [0.717, 1.165) is 16.8 Å². The Morgan fingerprint density at radius 3 is 2.62 bits per heavy atom. The van der Waals surface area contributed by atoms with E-state index in [1.807, 2.05) is 48.5 Å². The van der Waals surface area contributed by atoms with E-state index < -0.39 is 0 Å². The maximum Gasteiger partial charge on any atom is 1.00 e. The Labute approximate surface area is 105 Å². The van der Waals surface area contributed by atoms with Crippen LogP contribution in [0.3, 0.4) is 0 Å². The molecule has 0 N–H and O–H groups in total. The van der Waals surface area contributed by atoms with Crippen molar-refractivity contribution in [3.63, 3.8) is 0 Å². The summed E-state index contributed by atoms with van der Waals surface area (Å²) >= 11 is 0. The summed E-state index contributed by atoms with van der Waals surface area (Å²) in [6.45, 7) is 0. The van der Waals surface area contributed by atoms with Crippen LogP contribution < -0.4 is 18.9 Å². The molecular formula is C12H8LiN3. The molecule has 0 saturated heterocycles. The molecule has 72 valence electrons. The molecule has 0 fully saturated rings. The van der Waals surface area contributed by atoms with Crippen LogP contribution in [-0.2, 0) is 0 Å². The largest absolute Gasteiger partial charge is 1.00 e. The smallest absolute Gasteiger partial charge is 0.328 e. The maximum absolute atomic E-state index is 4.15. The van der Waals surface area contributed by atoms with Crippen LogP contribution in [0, 0.1) is 6.20 Å². The van der Waals surface area contributed by atoms with Gasteiger partial charge in [0.15, 0.2) is 0 Å². The Balaban J connectivity index is 0.000000963. The Hall–Kier alpha value is -1.56. The second-order valence-corrected chi connectivity index (χ2v) is 3.26. The third-order valence-electron chi connectivity index (χ3n) is 2.30. The Kier molecular flexibility index (Phi) is 3.09. The molecule has 0 radical (unpaired) electrons. The molecule has 2 heterocycles. The van der Waals surface area contributed by atoms with Gasteiger partial charge in [-0.15, -0.1) is 11.2 Å². The van der Waals surface area contributed by atoms with Crippen molar-refractivity contribution >= 4 is 5.52 Å². The SMILES string of the molecule is [Li+].[c-]1cccc2c(-c3ccccc3)nnn12. The maximum atomic E-state index is 4.15. The van der Waals surface area contributed by atoms with Gasteiger partial charge in [-0.05, 0) is 11.1 Å². The minimum atomic E-state index is 0. The van der Waals surface area contributed by atoms with Crippen molar-refractivity contribution < 1.29 is 18.9 Å². The number of hydrogen-bond donors (Lipinski definition) is 0. The first kappa shape index (κ1) is 10.9. The predicted octanol–water partition coefficient (Wildman–Crippen LogP) is -0.800. The van der Waals surface area contributed by atoms with Gasteiger partial charge in [-0.3, -0.25) is 0 Å². The minimum Gasteiger partial charge on any atom is -0.328 e. The molecule has 0 unspecified atom stereocenters. The minimum absolute atomic E-state index is 0. The Morgan fingerprint density at radius 2 is 1.81 bits per heavy atom. The molecule has 0 bridgehead atoms. The summed E-state index contributed by atoms with van der Waals surface area (Å²) < 4.78 is 1.66. The number of aromatic nitrogens is 3. The number of benzene rings is 1. The molecule has 3 rings (SSSR count). The van der Waals surface area contributed by atoms with Crippen molar-refractivity contribution in [2.24, 2.45) is 0 Å². The predicted molar refractivity (Wildman–Crippen MR) is 57.3 cm³/mol.